The first kappa shape index (κ1) is 23.4. The average molecular weight is 431 g/mol. The summed E-state index contributed by atoms with van der Waals surface area (Å²) >= 11 is 1.05. The van der Waals surface area contributed by atoms with E-state index in [-0.39, 0.29) is 11.7 Å². The van der Waals surface area contributed by atoms with E-state index in [0.29, 0.717) is 58.6 Å². The first-order valence-corrected chi connectivity index (χ1v) is 10.1. The predicted molar refractivity (Wildman–Crippen MR) is 117 cm³/mol. The van der Waals surface area contributed by atoms with E-state index in [2.05, 4.69) is 9.97 Å². The number of amides is 1. The number of nitrogens with two attached hydrogens (primary N) is 1. The van der Waals surface area contributed by atoms with Crippen molar-refractivity contribution in [1.82, 2.24) is 14.9 Å². The molecule has 30 heavy (non-hydrogen) atoms. The van der Waals surface area contributed by atoms with Crippen LogP contribution in [0.5, 0.6) is 5.75 Å². The molecule has 1 amide bonds. The second-order valence-corrected chi connectivity index (χ2v) is 7.47. The van der Waals surface area contributed by atoms with Crippen LogP contribution in [0.2, 0.25) is 0 Å². The van der Waals surface area contributed by atoms with E-state index < -0.39 is 0 Å². The third-order valence-electron chi connectivity index (χ3n) is 4.40. The van der Waals surface area contributed by atoms with E-state index >= 15 is 0 Å². The molecular weight excluding hydrogens is 404 g/mol. The maximum absolute atomic E-state index is 12.9. The largest absolute Gasteiger partial charge is 0.496 e. The van der Waals surface area contributed by atoms with Crippen molar-refractivity contribution in [3.8, 4) is 5.75 Å². The highest BCUT2D eigenvalue weighted by atomic mass is 32.2. The molecule has 0 fully saturated rings. The van der Waals surface area contributed by atoms with Crippen molar-refractivity contribution in [3.63, 3.8) is 0 Å². The number of carbonyl (C=O) groups excluding carboxylic acids is 2. The van der Waals surface area contributed by atoms with E-state index in [0.717, 1.165) is 11.8 Å². The molecule has 0 saturated carbocycles. The smallest absolute Gasteiger partial charge is 0.227 e. The number of carbonyl (C=O) groups is 2. The van der Waals surface area contributed by atoms with Gasteiger partial charge in [-0.2, -0.15) is 0 Å². The standard InChI is InChI=1S/C21H26N4O4S/c1-14(25(13-26)12-16-11-23-15(2)24-20(16)22)19(9-10-28-3)30-21(27)17-7-5-6-8-18(17)29-4/h5-8,11,13H,9-10,12H2,1-4H3,(H2,22,23,24)/b19-14-. The van der Waals surface area contributed by atoms with Crippen molar-refractivity contribution >= 4 is 29.1 Å². The number of aromatic nitrogens is 2. The fourth-order valence-corrected chi connectivity index (χ4v) is 3.65. The number of hydrogen-bond acceptors (Lipinski definition) is 8. The van der Waals surface area contributed by atoms with Gasteiger partial charge in [-0.25, -0.2) is 9.97 Å². The number of nitrogens with zero attached hydrogens (tertiary/aromatic N) is 3. The Morgan fingerprint density at radius 1 is 1.30 bits per heavy atom. The Labute approximate surface area is 180 Å². The Morgan fingerprint density at radius 3 is 2.67 bits per heavy atom. The van der Waals surface area contributed by atoms with Crippen LogP contribution in [0.4, 0.5) is 5.82 Å². The number of anilines is 1. The van der Waals surface area contributed by atoms with Crippen LogP contribution in [0.3, 0.4) is 0 Å². The zero-order chi connectivity index (χ0) is 22.1. The van der Waals surface area contributed by atoms with Gasteiger partial charge in [-0.15, -0.1) is 0 Å². The van der Waals surface area contributed by atoms with Crippen molar-refractivity contribution in [2.45, 2.75) is 26.8 Å². The van der Waals surface area contributed by atoms with Gasteiger partial charge in [0.1, 0.15) is 17.4 Å². The summed E-state index contributed by atoms with van der Waals surface area (Å²) in [5.41, 5.74) is 7.69. The van der Waals surface area contributed by atoms with Gasteiger partial charge in [0.15, 0.2) is 0 Å². The van der Waals surface area contributed by atoms with Gasteiger partial charge in [0.25, 0.3) is 0 Å². The first-order valence-electron chi connectivity index (χ1n) is 9.25. The minimum atomic E-state index is -0.179. The summed E-state index contributed by atoms with van der Waals surface area (Å²) in [6, 6.07) is 7.02. The van der Waals surface area contributed by atoms with Crippen LogP contribution in [-0.4, -0.2) is 47.2 Å². The highest BCUT2D eigenvalue weighted by Gasteiger charge is 2.19. The van der Waals surface area contributed by atoms with Crippen LogP contribution in [0.15, 0.2) is 41.1 Å². The summed E-state index contributed by atoms with van der Waals surface area (Å²) in [6.45, 7) is 4.13. The van der Waals surface area contributed by atoms with Crippen molar-refractivity contribution in [2.24, 2.45) is 0 Å². The summed E-state index contributed by atoms with van der Waals surface area (Å²) in [5, 5.41) is -0.179. The van der Waals surface area contributed by atoms with Gasteiger partial charge in [-0.3, -0.25) is 9.59 Å². The lowest BCUT2D eigenvalue weighted by molar-refractivity contribution is -0.116. The van der Waals surface area contributed by atoms with Gasteiger partial charge < -0.3 is 20.1 Å². The molecule has 1 aromatic heterocycles. The van der Waals surface area contributed by atoms with Crippen LogP contribution in [-0.2, 0) is 16.1 Å². The zero-order valence-corrected chi connectivity index (χ0v) is 18.4. The predicted octanol–water partition coefficient (Wildman–Crippen LogP) is 3.18. The third kappa shape index (κ3) is 6.04. The second kappa shape index (κ2) is 11.3. The maximum Gasteiger partial charge on any atom is 0.227 e. The summed E-state index contributed by atoms with van der Waals surface area (Å²) in [7, 11) is 3.10. The number of para-hydroxylation sites is 1. The topological polar surface area (TPSA) is 108 Å². The van der Waals surface area contributed by atoms with Crippen molar-refractivity contribution in [1.29, 1.82) is 0 Å². The summed E-state index contributed by atoms with van der Waals surface area (Å²) in [5.74, 6) is 1.37. The molecule has 1 aromatic carbocycles. The average Bonchev–Trinajstić information content (AvgIpc) is 2.75. The number of ether oxygens (including phenoxy) is 2. The minimum Gasteiger partial charge on any atom is -0.496 e. The molecule has 0 saturated heterocycles. The summed E-state index contributed by atoms with van der Waals surface area (Å²) < 4.78 is 10.5. The van der Waals surface area contributed by atoms with Crippen LogP contribution < -0.4 is 10.5 Å². The molecule has 0 spiro atoms. The lowest BCUT2D eigenvalue weighted by Crippen LogP contribution is -2.22. The number of nitrogen functional groups attached to an aromatic ring is 1. The van der Waals surface area contributed by atoms with Gasteiger partial charge in [0, 0.05) is 35.9 Å². The quantitative estimate of drug-likeness (QED) is 0.573. The number of hydrogen-bond donors (Lipinski definition) is 1. The van der Waals surface area contributed by atoms with E-state index in [4.69, 9.17) is 15.2 Å². The molecule has 0 aliphatic rings. The molecule has 160 valence electrons. The Kier molecular flexibility index (Phi) is 8.82. The Morgan fingerprint density at radius 2 is 2.03 bits per heavy atom. The normalized spacial score (nSPS) is 11.6. The van der Waals surface area contributed by atoms with Crippen molar-refractivity contribution in [3.05, 3.63) is 58.0 Å². The molecule has 0 aliphatic heterocycles. The molecule has 2 aromatic rings. The number of rotatable bonds is 10. The van der Waals surface area contributed by atoms with Crippen molar-refractivity contribution in [2.75, 3.05) is 26.6 Å². The van der Waals surface area contributed by atoms with Gasteiger partial charge in [-0.1, -0.05) is 12.1 Å². The SMILES string of the molecule is COCC/C(SC(=O)c1ccccc1OC)=C(\C)N(C=O)Cc1cnc(C)nc1N. The fourth-order valence-electron chi connectivity index (χ4n) is 2.69. The maximum atomic E-state index is 12.9. The van der Waals surface area contributed by atoms with E-state index in [1.54, 1.807) is 51.4 Å². The highest BCUT2D eigenvalue weighted by Crippen LogP contribution is 2.32. The number of allylic oxidation sites excluding steroid dienone is 1. The molecule has 1 heterocycles. The fraction of sp³-hybridized carbons (Fsp3) is 0.333. The van der Waals surface area contributed by atoms with Crippen LogP contribution in [0, 0.1) is 6.92 Å². The van der Waals surface area contributed by atoms with Crippen LogP contribution >= 0.6 is 11.8 Å². The number of thioether (sulfide) groups is 1. The number of methoxy groups -OCH3 is 2. The Bertz CT molecular complexity index is 933. The zero-order valence-electron chi connectivity index (χ0n) is 17.5. The van der Waals surface area contributed by atoms with E-state index in [9.17, 15) is 9.59 Å². The first-order chi connectivity index (χ1) is 14.4. The van der Waals surface area contributed by atoms with Gasteiger partial charge in [0.05, 0.1) is 25.8 Å². The molecule has 0 aliphatic carbocycles. The number of benzene rings is 1. The highest BCUT2D eigenvalue weighted by molar-refractivity contribution is 8.17. The summed E-state index contributed by atoms with van der Waals surface area (Å²) in [4.78, 5) is 35.2. The Balaban J connectivity index is 2.32. The Hall–Kier alpha value is -2.91. The molecule has 0 radical (unpaired) electrons. The second-order valence-electron chi connectivity index (χ2n) is 6.40. The van der Waals surface area contributed by atoms with Gasteiger partial charge in [0.2, 0.25) is 11.5 Å². The van der Waals surface area contributed by atoms with E-state index in [1.807, 2.05) is 0 Å². The van der Waals surface area contributed by atoms with Crippen LogP contribution in [0.1, 0.15) is 35.1 Å². The number of aryl methyl sites for hydroxylation is 1. The van der Waals surface area contributed by atoms with Gasteiger partial charge in [-0.05, 0) is 37.7 Å². The lowest BCUT2D eigenvalue weighted by atomic mass is 10.2. The molecule has 2 N–H and O–H groups in total. The molecule has 2 rings (SSSR count). The third-order valence-corrected chi connectivity index (χ3v) is 5.55. The van der Waals surface area contributed by atoms with Crippen molar-refractivity contribution < 1.29 is 19.1 Å². The van der Waals surface area contributed by atoms with E-state index in [1.165, 1.54) is 12.0 Å². The molecule has 0 bridgehead atoms. The molecule has 8 nitrogen and oxygen atoms in total. The lowest BCUT2D eigenvalue weighted by Gasteiger charge is -2.22. The van der Waals surface area contributed by atoms with Gasteiger partial charge >= 0.3 is 0 Å². The molecule has 0 unspecified atom stereocenters. The minimum absolute atomic E-state index is 0.179. The molecular formula is C21H26N4O4S. The molecule has 0 atom stereocenters. The monoisotopic (exact) mass is 430 g/mol. The molecule has 9 heteroatoms. The van der Waals surface area contributed by atoms with Crippen LogP contribution in [0.25, 0.3) is 0 Å². The summed E-state index contributed by atoms with van der Waals surface area (Å²) in [6.07, 6.45) is 2.77.